The van der Waals surface area contributed by atoms with Crippen molar-refractivity contribution in [1.82, 2.24) is 19.8 Å². The molecule has 0 spiro atoms. The summed E-state index contributed by atoms with van der Waals surface area (Å²) in [5.74, 6) is -1.58. The number of piperazine rings is 1. The van der Waals surface area contributed by atoms with Gasteiger partial charge in [-0.1, -0.05) is 29.8 Å². The predicted octanol–water partition coefficient (Wildman–Crippen LogP) is 3.33. The number of nitrogens with one attached hydrogen (secondary N) is 2. The Hall–Kier alpha value is -4.01. The first-order chi connectivity index (χ1) is 22.8. The number of amides is 2. The van der Waals surface area contributed by atoms with Crippen LogP contribution in [0.25, 0.3) is 0 Å². The van der Waals surface area contributed by atoms with Crippen LogP contribution in [0.1, 0.15) is 65.5 Å². The van der Waals surface area contributed by atoms with Gasteiger partial charge in [-0.25, -0.2) is 22.8 Å². The second-order valence-electron chi connectivity index (χ2n) is 14.3. The SMILES string of the molecule is Cc1ccc(S(=O)(=O)N2CCC[C@H]2C(=O)N[C@@H](Cc2ccc(OC(=O)N3CCNCC3C(=O)OC(C)(C)C)cc2)C(=O)OC(C)(C)C)cc1. The Bertz CT molecular complexity index is 1610. The van der Waals surface area contributed by atoms with Crippen molar-refractivity contribution in [2.45, 2.75) is 102 Å². The van der Waals surface area contributed by atoms with E-state index in [-0.39, 0.29) is 36.7 Å². The molecule has 2 aromatic carbocycles. The van der Waals surface area contributed by atoms with E-state index in [4.69, 9.17) is 14.2 Å². The van der Waals surface area contributed by atoms with E-state index in [1.54, 1.807) is 77.9 Å². The molecule has 14 heteroatoms. The number of nitrogens with zero attached hydrogens (tertiary/aromatic N) is 2. The maximum absolute atomic E-state index is 13.6. The van der Waals surface area contributed by atoms with E-state index in [2.05, 4.69) is 10.6 Å². The average Bonchev–Trinajstić information content (AvgIpc) is 3.52. The van der Waals surface area contributed by atoms with Gasteiger partial charge in [-0.05, 0) is 91.1 Å². The fourth-order valence-corrected chi connectivity index (χ4v) is 7.22. The molecule has 0 aromatic heterocycles. The van der Waals surface area contributed by atoms with Crippen molar-refractivity contribution in [2.75, 3.05) is 26.2 Å². The summed E-state index contributed by atoms with van der Waals surface area (Å²) in [5, 5.41) is 5.85. The molecule has 4 rings (SSSR count). The summed E-state index contributed by atoms with van der Waals surface area (Å²) in [4.78, 5) is 54.2. The Balaban J connectivity index is 1.46. The molecular formula is C35H48N4O9S. The standard InChI is InChI=1S/C35H48N4O9S/c1-23-10-16-26(17-11-23)49(44,45)39-19-8-9-28(39)30(40)37-27(31(41)47-34(2,3)4)21-24-12-14-25(15-13-24)46-33(43)38-20-18-36-22-29(38)32(42)48-35(5,6)7/h10-17,27-29,36H,8-9,18-22H2,1-7H3,(H,37,40)/t27-,28-,29?/m0/s1. The van der Waals surface area contributed by atoms with Crippen LogP contribution < -0.4 is 15.4 Å². The molecule has 2 aliphatic heterocycles. The van der Waals surface area contributed by atoms with Crippen molar-refractivity contribution in [3.8, 4) is 5.75 Å². The molecule has 0 saturated carbocycles. The highest BCUT2D eigenvalue weighted by Crippen LogP contribution is 2.27. The number of carbonyl (C=O) groups excluding carboxylic acids is 4. The van der Waals surface area contributed by atoms with E-state index in [9.17, 15) is 27.6 Å². The molecule has 1 unspecified atom stereocenters. The van der Waals surface area contributed by atoms with Gasteiger partial charge in [0, 0.05) is 32.6 Å². The Morgan fingerprint density at radius 3 is 2.14 bits per heavy atom. The Morgan fingerprint density at radius 1 is 0.898 bits per heavy atom. The van der Waals surface area contributed by atoms with Crippen molar-refractivity contribution in [3.05, 3.63) is 59.7 Å². The number of carbonyl (C=O) groups is 4. The third-order valence-corrected chi connectivity index (χ3v) is 9.79. The normalized spacial score (nSPS) is 19.5. The molecule has 0 bridgehead atoms. The smallest absolute Gasteiger partial charge is 0.416 e. The van der Waals surface area contributed by atoms with Gasteiger partial charge in [0.1, 0.15) is 35.1 Å². The van der Waals surface area contributed by atoms with Crippen LogP contribution in [0.5, 0.6) is 5.75 Å². The van der Waals surface area contributed by atoms with Crippen molar-refractivity contribution >= 4 is 34.0 Å². The molecule has 3 atom stereocenters. The number of rotatable bonds is 9. The van der Waals surface area contributed by atoms with E-state index >= 15 is 0 Å². The Kier molecular flexibility index (Phi) is 11.8. The maximum atomic E-state index is 13.6. The summed E-state index contributed by atoms with van der Waals surface area (Å²) in [7, 11) is -3.95. The van der Waals surface area contributed by atoms with Gasteiger partial charge in [0.25, 0.3) is 0 Å². The van der Waals surface area contributed by atoms with Crippen LogP contribution in [0, 0.1) is 6.92 Å². The van der Waals surface area contributed by atoms with Crippen molar-refractivity contribution < 1.29 is 41.8 Å². The molecule has 2 fully saturated rings. The molecule has 268 valence electrons. The average molecular weight is 701 g/mol. The highest BCUT2D eigenvalue weighted by Gasteiger charge is 2.41. The minimum absolute atomic E-state index is 0.0326. The number of hydrogen-bond acceptors (Lipinski definition) is 10. The lowest BCUT2D eigenvalue weighted by atomic mass is 10.0. The van der Waals surface area contributed by atoms with Crippen molar-refractivity contribution in [1.29, 1.82) is 0 Å². The monoisotopic (exact) mass is 700 g/mol. The molecule has 2 aromatic rings. The lowest BCUT2D eigenvalue weighted by Crippen LogP contribution is -2.58. The maximum Gasteiger partial charge on any atom is 0.416 e. The van der Waals surface area contributed by atoms with Crippen LogP contribution in [-0.2, 0) is 40.3 Å². The first kappa shape index (κ1) is 37.8. The number of esters is 2. The highest BCUT2D eigenvalue weighted by atomic mass is 32.2. The molecule has 2 saturated heterocycles. The third-order valence-electron chi connectivity index (χ3n) is 7.87. The van der Waals surface area contributed by atoms with Gasteiger partial charge in [-0.3, -0.25) is 9.69 Å². The number of hydrogen-bond donors (Lipinski definition) is 2. The van der Waals surface area contributed by atoms with Gasteiger partial charge in [0.05, 0.1) is 4.90 Å². The lowest BCUT2D eigenvalue weighted by Gasteiger charge is -2.35. The van der Waals surface area contributed by atoms with Crippen LogP contribution in [-0.4, -0.2) is 97.1 Å². The molecule has 13 nitrogen and oxygen atoms in total. The summed E-state index contributed by atoms with van der Waals surface area (Å²) < 4.78 is 44.8. The zero-order valence-corrected chi connectivity index (χ0v) is 30.1. The zero-order chi connectivity index (χ0) is 36.1. The molecule has 2 heterocycles. The van der Waals surface area contributed by atoms with Crippen LogP contribution in [0.2, 0.25) is 0 Å². The fourth-order valence-electron chi connectivity index (χ4n) is 5.56. The molecule has 0 radical (unpaired) electrons. The van der Waals surface area contributed by atoms with Gasteiger partial charge in [0.15, 0.2) is 0 Å². The molecule has 2 N–H and O–H groups in total. The highest BCUT2D eigenvalue weighted by molar-refractivity contribution is 7.89. The van der Waals surface area contributed by atoms with Crippen molar-refractivity contribution in [2.24, 2.45) is 0 Å². The molecule has 0 aliphatic carbocycles. The number of benzene rings is 2. The van der Waals surface area contributed by atoms with Crippen LogP contribution >= 0.6 is 0 Å². The zero-order valence-electron chi connectivity index (χ0n) is 29.3. The van der Waals surface area contributed by atoms with E-state index in [0.717, 1.165) is 5.56 Å². The molecular weight excluding hydrogens is 652 g/mol. The van der Waals surface area contributed by atoms with E-state index in [1.807, 2.05) is 6.92 Å². The summed E-state index contributed by atoms with van der Waals surface area (Å²) in [6, 6.07) is 9.89. The largest absolute Gasteiger partial charge is 0.458 e. The molecule has 2 amide bonds. The minimum atomic E-state index is -3.95. The minimum Gasteiger partial charge on any atom is -0.458 e. The summed E-state index contributed by atoms with van der Waals surface area (Å²) in [6.07, 6.45) is 0.128. The van der Waals surface area contributed by atoms with Crippen LogP contribution in [0.3, 0.4) is 0 Å². The van der Waals surface area contributed by atoms with Crippen LogP contribution in [0.4, 0.5) is 4.79 Å². The second kappa shape index (κ2) is 15.3. The second-order valence-corrected chi connectivity index (χ2v) is 16.2. The first-order valence-electron chi connectivity index (χ1n) is 16.5. The van der Waals surface area contributed by atoms with Gasteiger partial charge >= 0.3 is 18.0 Å². The third kappa shape index (κ3) is 10.2. The molecule has 2 aliphatic rings. The van der Waals surface area contributed by atoms with Gasteiger partial charge in [0.2, 0.25) is 15.9 Å². The topological polar surface area (TPSA) is 161 Å². The van der Waals surface area contributed by atoms with Gasteiger partial charge < -0.3 is 24.8 Å². The Labute approximate surface area is 288 Å². The van der Waals surface area contributed by atoms with E-state index in [0.29, 0.717) is 24.9 Å². The summed E-state index contributed by atoms with van der Waals surface area (Å²) >= 11 is 0. The summed E-state index contributed by atoms with van der Waals surface area (Å²) in [6.45, 7) is 13.4. The van der Waals surface area contributed by atoms with E-state index < -0.39 is 63.3 Å². The Morgan fingerprint density at radius 2 is 1.53 bits per heavy atom. The first-order valence-corrected chi connectivity index (χ1v) is 17.9. The van der Waals surface area contributed by atoms with E-state index in [1.165, 1.54) is 21.3 Å². The van der Waals surface area contributed by atoms with Crippen LogP contribution in [0.15, 0.2) is 53.4 Å². The van der Waals surface area contributed by atoms with Crippen molar-refractivity contribution in [3.63, 3.8) is 0 Å². The fraction of sp³-hybridized carbons (Fsp3) is 0.543. The molecule has 49 heavy (non-hydrogen) atoms. The number of sulfonamides is 1. The number of aryl methyl sites for hydroxylation is 1. The lowest BCUT2D eigenvalue weighted by molar-refractivity contribution is -0.161. The predicted molar refractivity (Wildman–Crippen MR) is 181 cm³/mol. The quantitative estimate of drug-likeness (QED) is 0.372. The van der Waals surface area contributed by atoms with Gasteiger partial charge in [-0.2, -0.15) is 4.31 Å². The van der Waals surface area contributed by atoms with Gasteiger partial charge in [-0.15, -0.1) is 0 Å². The number of ether oxygens (including phenoxy) is 3. The summed E-state index contributed by atoms with van der Waals surface area (Å²) in [5.41, 5.74) is -0.0210.